The van der Waals surface area contributed by atoms with Gasteiger partial charge in [0, 0.05) is 11.1 Å². The summed E-state index contributed by atoms with van der Waals surface area (Å²) >= 11 is 0. The van der Waals surface area contributed by atoms with E-state index in [4.69, 9.17) is 5.73 Å². The van der Waals surface area contributed by atoms with Gasteiger partial charge in [0.25, 0.3) is 0 Å². The zero-order valence-corrected chi connectivity index (χ0v) is 15.4. The standard InChI is InChI=1S/C18H14F4N4O2S/c19-14-7-11(5-6-13(14)15-8-25-17(23)9-24-15)12-3-1-2-4-16(12)29(27,28)26-10-18(20,21)22/h1-9,26H,10H2,(H2,23,25). The Morgan fingerprint density at radius 1 is 1.00 bits per heavy atom. The molecule has 152 valence electrons. The van der Waals surface area contributed by atoms with Crippen molar-refractivity contribution in [1.82, 2.24) is 14.7 Å². The maximum absolute atomic E-state index is 14.6. The first-order chi connectivity index (χ1) is 13.6. The van der Waals surface area contributed by atoms with E-state index >= 15 is 0 Å². The topological polar surface area (TPSA) is 98.0 Å². The highest BCUT2D eigenvalue weighted by molar-refractivity contribution is 7.89. The number of sulfonamides is 1. The molecule has 2 aromatic carbocycles. The van der Waals surface area contributed by atoms with Crippen molar-refractivity contribution in [3.63, 3.8) is 0 Å². The van der Waals surface area contributed by atoms with Crippen LogP contribution in [-0.2, 0) is 10.0 Å². The third-order valence-electron chi connectivity index (χ3n) is 3.87. The van der Waals surface area contributed by atoms with Crippen molar-refractivity contribution >= 4 is 15.8 Å². The van der Waals surface area contributed by atoms with Gasteiger partial charge < -0.3 is 5.73 Å². The van der Waals surface area contributed by atoms with E-state index in [0.717, 1.165) is 12.1 Å². The van der Waals surface area contributed by atoms with Gasteiger partial charge in [-0.1, -0.05) is 24.3 Å². The SMILES string of the molecule is Nc1cnc(-c2ccc(-c3ccccc3S(=O)(=O)NCC(F)(F)F)cc2F)cn1. The fourth-order valence-corrected chi connectivity index (χ4v) is 3.80. The smallest absolute Gasteiger partial charge is 0.382 e. The van der Waals surface area contributed by atoms with Crippen LogP contribution in [0.15, 0.2) is 59.8 Å². The number of aromatic nitrogens is 2. The Bertz CT molecular complexity index is 1130. The lowest BCUT2D eigenvalue weighted by Crippen LogP contribution is -2.34. The Morgan fingerprint density at radius 3 is 2.34 bits per heavy atom. The van der Waals surface area contributed by atoms with Crippen molar-refractivity contribution in [3.8, 4) is 22.4 Å². The van der Waals surface area contributed by atoms with Crippen LogP contribution in [-0.4, -0.2) is 31.1 Å². The van der Waals surface area contributed by atoms with E-state index in [1.165, 1.54) is 47.4 Å². The summed E-state index contributed by atoms with van der Waals surface area (Å²) in [6.45, 7) is -1.72. The summed E-state index contributed by atoms with van der Waals surface area (Å²) in [5, 5.41) is 0. The largest absolute Gasteiger partial charge is 0.402 e. The predicted molar refractivity (Wildman–Crippen MR) is 98.5 cm³/mol. The number of nitrogens with two attached hydrogens (primary N) is 1. The van der Waals surface area contributed by atoms with E-state index in [9.17, 15) is 26.0 Å². The Balaban J connectivity index is 2.00. The highest BCUT2D eigenvalue weighted by Crippen LogP contribution is 2.31. The van der Waals surface area contributed by atoms with Crippen LogP contribution in [0.4, 0.5) is 23.4 Å². The molecule has 6 nitrogen and oxygen atoms in total. The number of benzene rings is 2. The van der Waals surface area contributed by atoms with Crippen LogP contribution in [0, 0.1) is 5.82 Å². The molecule has 0 spiro atoms. The zero-order valence-electron chi connectivity index (χ0n) is 14.6. The van der Waals surface area contributed by atoms with Gasteiger partial charge in [0.1, 0.15) is 18.2 Å². The van der Waals surface area contributed by atoms with Crippen LogP contribution in [0.3, 0.4) is 0 Å². The summed E-state index contributed by atoms with van der Waals surface area (Å²) in [7, 11) is -4.48. The molecule has 0 aliphatic carbocycles. The Kier molecular flexibility index (Phi) is 5.53. The molecule has 0 fully saturated rings. The summed E-state index contributed by atoms with van der Waals surface area (Å²) in [5.74, 6) is -0.548. The summed E-state index contributed by atoms with van der Waals surface area (Å²) in [4.78, 5) is 7.41. The quantitative estimate of drug-likeness (QED) is 0.610. The van der Waals surface area contributed by atoms with Gasteiger partial charge >= 0.3 is 6.18 Å². The second-order valence-corrected chi connectivity index (χ2v) is 7.69. The van der Waals surface area contributed by atoms with Gasteiger partial charge in [-0.25, -0.2) is 22.5 Å². The van der Waals surface area contributed by atoms with Crippen molar-refractivity contribution < 1.29 is 26.0 Å². The molecule has 1 aromatic heterocycles. The fourth-order valence-electron chi connectivity index (χ4n) is 2.56. The molecule has 3 aromatic rings. The Labute approximate surface area is 163 Å². The molecule has 0 saturated carbocycles. The van der Waals surface area contributed by atoms with Gasteiger partial charge in [-0.2, -0.15) is 13.2 Å². The molecule has 29 heavy (non-hydrogen) atoms. The lowest BCUT2D eigenvalue weighted by molar-refractivity contribution is -0.121. The summed E-state index contributed by atoms with van der Waals surface area (Å²) < 4.78 is 78.1. The molecule has 1 heterocycles. The molecule has 0 radical (unpaired) electrons. The Hall–Kier alpha value is -3.05. The number of nitrogen functional groups attached to an aromatic ring is 1. The molecule has 0 aliphatic rings. The van der Waals surface area contributed by atoms with Gasteiger partial charge in [0.15, 0.2) is 0 Å². The van der Waals surface area contributed by atoms with Crippen LogP contribution in [0.5, 0.6) is 0 Å². The number of hydrogen-bond donors (Lipinski definition) is 2. The molecule has 3 N–H and O–H groups in total. The van der Waals surface area contributed by atoms with Crippen molar-refractivity contribution in [2.75, 3.05) is 12.3 Å². The third-order valence-corrected chi connectivity index (χ3v) is 5.33. The molecule has 11 heteroatoms. The number of rotatable bonds is 5. The third kappa shape index (κ3) is 4.87. The van der Waals surface area contributed by atoms with Gasteiger partial charge in [0.05, 0.1) is 23.0 Å². The van der Waals surface area contributed by atoms with Crippen LogP contribution >= 0.6 is 0 Å². The molecule has 0 unspecified atom stereocenters. The number of nitrogens with one attached hydrogen (secondary N) is 1. The molecule has 0 bridgehead atoms. The lowest BCUT2D eigenvalue weighted by Gasteiger charge is -2.13. The minimum absolute atomic E-state index is 0.0519. The first-order valence-electron chi connectivity index (χ1n) is 8.10. The minimum Gasteiger partial charge on any atom is -0.382 e. The summed E-state index contributed by atoms with van der Waals surface area (Å²) in [6.07, 6.45) is -2.17. The summed E-state index contributed by atoms with van der Waals surface area (Å²) in [5.41, 5.74) is 6.00. The van der Waals surface area contributed by atoms with Crippen LogP contribution < -0.4 is 10.5 Å². The number of halogens is 4. The molecule has 0 amide bonds. The van der Waals surface area contributed by atoms with Crippen LogP contribution in [0.2, 0.25) is 0 Å². The van der Waals surface area contributed by atoms with Crippen molar-refractivity contribution in [3.05, 3.63) is 60.7 Å². The van der Waals surface area contributed by atoms with E-state index in [1.54, 1.807) is 0 Å². The summed E-state index contributed by atoms with van der Waals surface area (Å²) in [6, 6.07) is 9.26. The molecular formula is C18H14F4N4O2S. The highest BCUT2D eigenvalue weighted by Gasteiger charge is 2.31. The molecule has 0 aliphatic heterocycles. The molecular weight excluding hydrogens is 412 g/mol. The molecule has 0 atom stereocenters. The average Bonchev–Trinajstić information content (AvgIpc) is 2.67. The number of hydrogen-bond acceptors (Lipinski definition) is 5. The predicted octanol–water partition coefficient (Wildman–Crippen LogP) is 3.37. The maximum atomic E-state index is 14.6. The first kappa shape index (κ1) is 20.7. The molecule has 3 rings (SSSR count). The number of nitrogens with zero attached hydrogens (tertiary/aromatic N) is 2. The second-order valence-electron chi connectivity index (χ2n) is 5.96. The normalized spacial score (nSPS) is 12.1. The second kappa shape index (κ2) is 7.76. The van der Waals surface area contributed by atoms with Crippen molar-refractivity contribution in [2.45, 2.75) is 11.1 Å². The lowest BCUT2D eigenvalue weighted by atomic mass is 10.0. The molecule has 0 saturated heterocycles. The van der Waals surface area contributed by atoms with Gasteiger partial charge in [0.2, 0.25) is 10.0 Å². The zero-order chi connectivity index (χ0) is 21.2. The first-order valence-corrected chi connectivity index (χ1v) is 9.58. The van der Waals surface area contributed by atoms with E-state index < -0.39 is 33.5 Å². The van der Waals surface area contributed by atoms with Crippen LogP contribution in [0.1, 0.15) is 0 Å². The fraction of sp³-hybridized carbons (Fsp3) is 0.111. The highest BCUT2D eigenvalue weighted by atomic mass is 32.2. The van der Waals surface area contributed by atoms with E-state index in [0.29, 0.717) is 0 Å². The maximum Gasteiger partial charge on any atom is 0.402 e. The minimum atomic E-state index is -4.71. The van der Waals surface area contributed by atoms with Gasteiger partial charge in [-0.15, -0.1) is 0 Å². The Morgan fingerprint density at radius 2 is 1.72 bits per heavy atom. The van der Waals surface area contributed by atoms with E-state index in [1.807, 2.05) is 0 Å². The van der Waals surface area contributed by atoms with E-state index in [-0.39, 0.29) is 28.2 Å². The number of anilines is 1. The van der Waals surface area contributed by atoms with Crippen molar-refractivity contribution in [1.29, 1.82) is 0 Å². The average molecular weight is 426 g/mol. The monoisotopic (exact) mass is 426 g/mol. The van der Waals surface area contributed by atoms with Gasteiger partial charge in [-0.05, 0) is 23.8 Å². The van der Waals surface area contributed by atoms with Gasteiger partial charge in [-0.3, -0.25) is 4.98 Å². The van der Waals surface area contributed by atoms with E-state index in [2.05, 4.69) is 9.97 Å². The number of alkyl halides is 3. The van der Waals surface area contributed by atoms with Crippen LogP contribution in [0.25, 0.3) is 22.4 Å². The van der Waals surface area contributed by atoms with Crippen molar-refractivity contribution in [2.24, 2.45) is 0 Å².